The molecule has 0 atom stereocenters. The first kappa shape index (κ1) is 27.3. The molecule has 1 amide bonds. The molecule has 2 aromatic rings. The van der Waals surface area contributed by atoms with Gasteiger partial charge in [-0.15, -0.1) is 0 Å². The minimum Gasteiger partial charge on any atom is -0.348 e. The fourth-order valence-electron chi connectivity index (χ4n) is 4.07. The Balaban J connectivity index is 0.000000316. The summed E-state index contributed by atoms with van der Waals surface area (Å²) in [5.74, 6) is -0.0585. The first-order valence-corrected chi connectivity index (χ1v) is 12.2. The third kappa shape index (κ3) is 7.54. The van der Waals surface area contributed by atoms with Crippen LogP contribution >= 0.6 is 0 Å². The Morgan fingerprint density at radius 1 is 1.21 bits per heavy atom. The van der Waals surface area contributed by atoms with Crippen LogP contribution in [0.1, 0.15) is 51.0 Å². The van der Waals surface area contributed by atoms with Gasteiger partial charge in [-0.1, -0.05) is 49.1 Å². The zero-order valence-electron chi connectivity index (χ0n) is 21.1. The van der Waals surface area contributed by atoms with Crippen LogP contribution in [0.3, 0.4) is 0 Å². The number of carbonyl (C=O) groups excluding carboxylic acids is 2. The molecule has 0 aliphatic carbocycles. The molecule has 1 aromatic carbocycles. The summed E-state index contributed by atoms with van der Waals surface area (Å²) >= 11 is 0. The highest BCUT2D eigenvalue weighted by molar-refractivity contribution is 5.99. The lowest BCUT2D eigenvalue weighted by molar-refractivity contribution is -0.114. The molecule has 0 unspecified atom stereocenters. The summed E-state index contributed by atoms with van der Waals surface area (Å²) < 4.78 is 2.11. The number of piperidine rings is 1. The number of allylic oxidation sites excluding steroid dienone is 4. The summed E-state index contributed by atoms with van der Waals surface area (Å²) in [6.45, 7) is 15.0. The fourth-order valence-corrected chi connectivity index (χ4v) is 4.07. The maximum atomic E-state index is 12.7. The zero-order chi connectivity index (χ0) is 25.1. The Morgan fingerprint density at radius 2 is 1.88 bits per heavy atom. The van der Waals surface area contributed by atoms with Crippen molar-refractivity contribution in [1.29, 1.82) is 0 Å². The monoisotopic (exact) mass is 464 g/mol. The Morgan fingerprint density at radius 3 is 2.47 bits per heavy atom. The lowest BCUT2D eigenvalue weighted by Gasteiger charge is -2.34. The van der Waals surface area contributed by atoms with Crippen LogP contribution in [0.4, 0.5) is 0 Å². The molecule has 0 bridgehead atoms. The lowest BCUT2D eigenvalue weighted by atomic mass is 10.0. The van der Waals surface area contributed by atoms with Crippen molar-refractivity contribution < 1.29 is 9.59 Å². The highest BCUT2D eigenvalue weighted by Gasteiger charge is 2.23. The minimum atomic E-state index is -0.120. The summed E-state index contributed by atoms with van der Waals surface area (Å²) in [5, 5.41) is 4.38. The number of nitrogens with zero attached hydrogens (tertiary/aromatic N) is 2. The largest absolute Gasteiger partial charge is 0.348 e. The normalized spacial score (nSPS) is 15.1. The number of amides is 1. The summed E-state index contributed by atoms with van der Waals surface area (Å²) in [5.41, 5.74) is 7.48. The van der Waals surface area contributed by atoms with Gasteiger partial charge in [0, 0.05) is 48.2 Å². The first-order chi connectivity index (χ1) is 16.3. The molecule has 6 nitrogen and oxygen atoms in total. The molecule has 1 aliphatic rings. The number of ketones is 1. The van der Waals surface area contributed by atoms with Gasteiger partial charge in [0.25, 0.3) is 5.91 Å². The van der Waals surface area contributed by atoms with Gasteiger partial charge in [0.2, 0.25) is 0 Å². The van der Waals surface area contributed by atoms with Crippen LogP contribution in [0.25, 0.3) is 10.9 Å². The van der Waals surface area contributed by atoms with Crippen LogP contribution < -0.4 is 11.1 Å². The molecule has 0 saturated carbocycles. The average Bonchev–Trinajstić information content (AvgIpc) is 3.23. The van der Waals surface area contributed by atoms with E-state index in [0.717, 1.165) is 49.1 Å². The van der Waals surface area contributed by atoms with Crippen molar-refractivity contribution in [3.8, 4) is 0 Å². The van der Waals surface area contributed by atoms with E-state index in [1.165, 1.54) is 0 Å². The van der Waals surface area contributed by atoms with Gasteiger partial charge in [0.15, 0.2) is 5.78 Å². The molecular weight excluding hydrogens is 424 g/mol. The molecule has 1 aromatic heterocycles. The number of para-hydroxylation sites is 1. The topological polar surface area (TPSA) is 80.4 Å². The van der Waals surface area contributed by atoms with Gasteiger partial charge in [-0.2, -0.15) is 0 Å². The molecule has 1 fully saturated rings. The van der Waals surface area contributed by atoms with Gasteiger partial charge in [0.1, 0.15) is 5.69 Å². The third-order valence-electron chi connectivity index (χ3n) is 6.10. The Labute approximate surface area is 204 Å². The van der Waals surface area contributed by atoms with E-state index in [1.807, 2.05) is 37.3 Å². The van der Waals surface area contributed by atoms with Gasteiger partial charge in [-0.25, -0.2) is 0 Å². The van der Waals surface area contributed by atoms with E-state index >= 15 is 0 Å². The molecule has 0 spiro atoms. The van der Waals surface area contributed by atoms with Crippen LogP contribution in [0.5, 0.6) is 0 Å². The Hall–Kier alpha value is -2.96. The van der Waals surface area contributed by atoms with E-state index in [-0.39, 0.29) is 18.2 Å². The number of nitrogens with one attached hydrogen (secondary N) is 1. The van der Waals surface area contributed by atoms with Crippen LogP contribution in [0, 0.1) is 0 Å². The standard InChI is InChI=1S/C19H27N3O.C9H13NO/c1-4-22-17-8-6-5-7-15(17)13-18(22)19(23)20-16-9-11-21(12-10-16)14(2)3;1-3-4-5-6-8(2)9(11)7-10/h5-8,13-14,16H,4,9-12H2,1-3H3,(H,20,23);3-6H,2,7,10H2,1H3/b;4-3-,6-5-. The second-order valence-corrected chi connectivity index (χ2v) is 8.75. The molecule has 1 aliphatic heterocycles. The highest BCUT2D eigenvalue weighted by atomic mass is 16.2. The van der Waals surface area contributed by atoms with Crippen LogP contribution in [0.15, 0.2) is 66.8 Å². The van der Waals surface area contributed by atoms with E-state index in [9.17, 15) is 9.59 Å². The van der Waals surface area contributed by atoms with Crippen LogP contribution in [-0.4, -0.2) is 52.9 Å². The van der Waals surface area contributed by atoms with Gasteiger partial charge in [-0.3, -0.25) is 9.59 Å². The van der Waals surface area contributed by atoms with Crippen LogP contribution in [0.2, 0.25) is 0 Å². The zero-order valence-corrected chi connectivity index (χ0v) is 21.1. The number of nitrogens with two attached hydrogens (primary N) is 1. The van der Waals surface area contributed by atoms with E-state index in [1.54, 1.807) is 12.2 Å². The Bertz CT molecular complexity index is 1020. The number of aryl methyl sites for hydroxylation is 1. The summed E-state index contributed by atoms with van der Waals surface area (Å²) in [4.78, 5) is 26.0. The quantitative estimate of drug-likeness (QED) is 0.446. The molecule has 1 saturated heterocycles. The van der Waals surface area contributed by atoms with Gasteiger partial charge in [0.05, 0.1) is 6.54 Å². The van der Waals surface area contributed by atoms with Gasteiger partial charge >= 0.3 is 0 Å². The summed E-state index contributed by atoms with van der Waals surface area (Å²) in [7, 11) is 0. The molecule has 34 heavy (non-hydrogen) atoms. The molecular formula is C28H40N4O2. The smallest absolute Gasteiger partial charge is 0.268 e. The minimum absolute atomic E-state index is 0.0268. The van der Waals surface area contributed by atoms with Crippen molar-refractivity contribution in [2.24, 2.45) is 5.73 Å². The number of Topliss-reactive ketones (excluding diaryl/α,β-unsaturated/α-hetero) is 1. The molecule has 3 N–H and O–H groups in total. The molecule has 6 heteroatoms. The highest BCUT2D eigenvalue weighted by Crippen LogP contribution is 2.20. The number of fused-ring (bicyclic) bond motifs is 1. The number of hydrogen-bond donors (Lipinski definition) is 2. The summed E-state index contributed by atoms with van der Waals surface area (Å²) in [6.07, 6.45) is 9.18. The lowest BCUT2D eigenvalue weighted by Crippen LogP contribution is -2.46. The van der Waals surface area contributed by atoms with Crippen molar-refractivity contribution >= 4 is 22.6 Å². The number of likely N-dealkylation sites (tertiary alicyclic amines) is 1. The average molecular weight is 465 g/mol. The van der Waals surface area contributed by atoms with Crippen molar-refractivity contribution in [1.82, 2.24) is 14.8 Å². The predicted molar refractivity (Wildman–Crippen MR) is 142 cm³/mol. The fraction of sp³-hybridized carbons (Fsp3) is 0.429. The van der Waals surface area contributed by atoms with E-state index in [2.05, 4.69) is 54.3 Å². The summed E-state index contributed by atoms with van der Waals surface area (Å²) in [6, 6.07) is 11.1. The number of benzene rings is 1. The first-order valence-electron chi connectivity index (χ1n) is 12.2. The molecule has 0 radical (unpaired) electrons. The number of hydrogen-bond acceptors (Lipinski definition) is 4. The molecule has 2 heterocycles. The van der Waals surface area contributed by atoms with Crippen molar-refractivity contribution in [3.05, 3.63) is 72.5 Å². The molecule has 184 valence electrons. The Kier molecular flexibility index (Phi) is 11.0. The van der Waals surface area contributed by atoms with Gasteiger partial charge < -0.3 is 20.5 Å². The maximum absolute atomic E-state index is 12.7. The van der Waals surface area contributed by atoms with Crippen molar-refractivity contribution in [2.45, 2.75) is 59.2 Å². The number of aromatic nitrogens is 1. The predicted octanol–water partition coefficient (Wildman–Crippen LogP) is 4.47. The number of rotatable bonds is 8. The van der Waals surface area contributed by atoms with E-state index in [4.69, 9.17) is 5.73 Å². The second kappa shape index (κ2) is 13.7. The van der Waals surface area contributed by atoms with Crippen LogP contribution in [-0.2, 0) is 11.3 Å². The molecule has 3 rings (SSSR count). The van der Waals surface area contributed by atoms with Crippen molar-refractivity contribution in [2.75, 3.05) is 19.6 Å². The van der Waals surface area contributed by atoms with Gasteiger partial charge in [-0.05, 0) is 52.7 Å². The maximum Gasteiger partial charge on any atom is 0.268 e. The van der Waals surface area contributed by atoms with Crippen molar-refractivity contribution in [3.63, 3.8) is 0 Å². The van der Waals surface area contributed by atoms with E-state index < -0.39 is 0 Å². The second-order valence-electron chi connectivity index (χ2n) is 8.75. The van der Waals surface area contributed by atoms with E-state index in [0.29, 0.717) is 17.7 Å². The number of carbonyl (C=O) groups is 2. The SMILES string of the molecule is C=C(/C=C\C=C/C)C(=O)CN.CCn1c(C(=O)NC2CCN(C(C)C)CC2)cc2ccccc21. The third-order valence-corrected chi connectivity index (χ3v) is 6.10.